The Morgan fingerprint density at radius 2 is 2.04 bits per heavy atom. The number of amides is 1. The van der Waals surface area contributed by atoms with Crippen LogP contribution < -0.4 is 11.1 Å². The molecular formula is C18H13N3O3. The third kappa shape index (κ3) is 3.42. The van der Waals surface area contributed by atoms with Crippen LogP contribution in [-0.4, -0.2) is 10.9 Å². The zero-order valence-corrected chi connectivity index (χ0v) is 12.6. The summed E-state index contributed by atoms with van der Waals surface area (Å²) in [5.41, 5.74) is 2.44. The number of H-pyrrole nitrogens is 1. The monoisotopic (exact) mass is 319 g/mol. The van der Waals surface area contributed by atoms with Crippen molar-refractivity contribution < 1.29 is 9.21 Å². The maximum absolute atomic E-state index is 12.1. The minimum absolute atomic E-state index is 0.0248. The van der Waals surface area contributed by atoms with E-state index in [0.29, 0.717) is 23.2 Å². The van der Waals surface area contributed by atoms with E-state index in [2.05, 4.69) is 10.3 Å². The van der Waals surface area contributed by atoms with Gasteiger partial charge in [-0.05, 0) is 29.3 Å². The number of hydrogen-bond acceptors (Lipinski definition) is 4. The average molecular weight is 319 g/mol. The van der Waals surface area contributed by atoms with Crippen LogP contribution in [0.1, 0.15) is 11.1 Å². The molecule has 1 aromatic heterocycles. The first-order chi connectivity index (χ1) is 11.7. The van der Waals surface area contributed by atoms with Gasteiger partial charge in [0.15, 0.2) is 5.58 Å². The van der Waals surface area contributed by atoms with E-state index in [1.165, 1.54) is 6.08 Å². The van der Waals surface area contributed by atoms with Crippen LogP contribution in [0.15, 0.2) is 63.3 Å². The highest BCUT2D eigenvalue weighted by atomic mass is 16.4. The fraction of sp³-hybridized carbons (Fsp3) is 0.0556. The Kier molecular flexibility index (Phi) is 4.25. The number of benzene rings is 2. The van der Waals surface area contributed by atoms with E-state index in [-0.39, 0.29) is 5.57 Å². The molecule has 1 heterocycles. The largest absolute Gasteiger partial charge is 0.417 e. The first-order valence-corrected chi connectivity index (χ1v) is 7.22. The smallest absolute Gasteiger partial charge is 0.408 e. The zero-order chi connectivity index (χ0) is 16.9. The molecule has 0 unspecified atom stereocenters. The Hall–Kier alpha value is -3.59. The number of nitrogens with zero attached hydrogens (tertiary/aromatic N) is 1. The van der Waals surface area contributed by atoms with E-state index >= 15 is 0 Å². The number of nitriles is 1. The topological polar surface area (TPSA) is 98.9 Å². The normalized spacial score (nSPS) is 11.2. The van der Waals surface area contributed by atoms with Crippen LogP contribution >= 0.6 is 0 Å². The molecule has 3 rings (SSSR count). The van der Waals surface area contributed by atoms with E-state index < -0.39 is 11.7 Å². The fourth-order valence-corrected chi connectivity index (χ4v) is 2.24. The van der Waals surface area contributed by atoms with Crippen LogP contribution in [0.4, 0.5) is 0 Å². The average Bonchev–Trinajstić information content (AvgIpc) is 2.97. The Balaban J connectivity index is 1.78. The number of hydrogen-bond donors (Lipinski definition) is 2. The summed E-state index contributed by atoms with van der Waals surface area (Å²) in [6.07, 6.45) is 1.45. The number of rotatable bonds is 4. The first-order valence-electron chi connectivity index (χ1n) is 7.22. The van der Waals surface area contributed by atoms with E-state index in [1.54, 1.807) is 18.2 Å². The predicted molar refractivity (Wildman–Crippen MR) is 88.7 cm³/mol. The number of aromatic amines is 1. The predicted octanol–water partition coefficient (Wildman–Crippen LogP) is 2.34. The molecule has 2 aromatic carbocycles. The molecule has 0 bridgehead atoms. The Morgan fingerprint density at radius 1 is 1.25 bits per heavy atom. The molecule has 0 atom stereocenters. The van der Waals surface area contributed by atoms with Crippen molar-refractivity contribution >= 4 is 23.1 Å². The number of fused-ring (bicyclic) bond motifs is 1. The van der Waals surface area contributed by atoms with Crippen LogP contribution in [-0.2, 0) is 11.3 Å². The third-order valence-electron chi connectivity index (χ3n) is 3.42. The summed E-state index contributed by atoms with van der Waals surface area (Å²) in [7, 11) is 0. The molecule has 0 aliphatic heterocycles. The van der Waals surface area contributed by atoms with E-state index in [4.69, 9.17) is 4.42 Å². The van der Waals surface area contributed by atoms with Gasteiger partial charge in [-0.1, -0.05) is 36.4 Å². The third-order valence-corrected chi connectivity index (χ3v) is 3.42. The minimum atomic E-state index is -0.549. The van der Waals surface area contributed by atoms with Gasteiger partial charge in [-0.25, -0.2) is 4.79 Å². The minimum Gasteiger partial charge on any atom is -0.408 e. The molecule has 24 heavy (non-hydrogen) atoms. The molecule has 3 aromatic rings. The van der Waals surface area contributed by atoms with Crippen LogP contribution in [0.5, 0.6) is 0 Å². The van der Waals surface area contributed by atoms with Gasteiger partial charge in [0, 0.05) is 6.54 Å². The lowest BCUT2D eigenvalue weighted by atomic mass is 10.1. The number of aromatic nitrogens is 1. The van der Waals surface area contributed by atoms with Gasteiger partial charge in [0.05, 0.1) is 5.52 Å². The summed E-state index contributed by atoms with van der Waals surface area (Å²) in [4.78, 5) is 25.8. The number of carbonyl (C=O) groups excluding carboxylic acids is 1. The zero-order valence-electron chi connectivity index (χ0n) is 12.6. The highest BCUT2D eigenvalue weighted by molar-refractivity contribution is 6.01. The van der Waals surface area contributed by atoms with Gasteiger partial charge in [0.25, 0.3) is 5.91 Å². The van der Waals surface area contributed by atoms with Crippen molar-refractivity contribution in [2.45, 2.75) is 6.54 Å². The summed E-state index contributed by atoms with van der Waals surface area (Å²) >= 11 is 0. The van der Waals surface area contributed by atoms with Crippen LogP contribution in [0.2, 0.25) is 0 Å². The molecule has 1 amide bonds. The molecule has 0 radical (unpaired) electrons. The lowest BCUT2D eigenvalue weighted by Crippen LogP contribution is -2.23. The van der Waals surface area contributed by atoms with Crippen LogP contribution in [0, 0.1) is 11.3 Å². The second kappa shape index (κ2) is 6.67. The quantitative estimate of drug-likeness (QED) is 0.569. The molecule has 6 heteroatoms. The second-order valence-corrected chi connectivity index (χ2v) is 5.11. The highest BCUT2D eigenvalue weighted by Crippen LogP contribution is 2.15. The van der Waals surface area contributed by atoms with E-state index in [0.717, 1.165) is 5.56 Å². The van der Waals surface area contributed by atoms with Crippen molar-refractivity contribution in [2.75, 3.05) is 0 Å². The summed E-state index contributed by atoms with van der Waals surface area (Å²) in [5.74, 6) is -1.01. The standard InChI is InChI=1S/C18H13N3O3/c19-10-14(17(22)20-11-12-4-2-1-3-5-12)8-13-6-7-15-16(9-13)24-18(23)21-15/h1-9H,11H2,(H,20,22)(H,21,23)/b14-8+. The van der Waals surface area contributed by atoms with Crippen molar-refractivity contribution in [2.24, 2.45) is 0 Å². The van der Waals surface area contributed by atoms with Gasteiger partial charge in [-0.3, -0.25) is 9.78 Å². The molecule has 0 fully saturated rings. The van der Waals surface area contributed by atoms with Crippen molar-refractivity contribution in [3.8, 4) is 6.07 Å². The van der Waals surface area contributed by atoms with Gasteiger partial charge in [-0.15, -0.1) is 0 Å². The summed E-state index contributed by atoms with van der Waals surface area (Å²) in [5, 5.41) is 11.9. The van der Waals surface area contributed by atoms with Gasteiger partial charge in [0.2, 0.25) is 0 Å². The molecule has 2 N–H and O–H groups in total. The number of oxazole rings is 1. The molecular weight excluding hydrogens is 306 g/mol. The number of carbonyl (C=O) groups is 1. The lowest BCUT2D eigenvalue weighted by molar-refractivity contribution is -0.117. The molecule has 118 valence electrons. The van der Waals surface area contributed by atoms with Crippen LogP contribution in [0.3, 0.4) is 0 Å². The summed E-state index contributed by atoms with van der Waals surface area (Å²) in [6, 6.07) is 16.2. The van der Waals surface area contributed by atoms with E-state index in [1.807, 2.05) is 36.4 Å². The van der Waals surface area contributed by atoms with Gasteiger partial charge in [-0.2, -0.15) is 5.26 Å². The van der Waals surface area contributed by atoms with Gasteiger partial charge < -0.3 is 9.73 Å². The molecule has 0 aliphatic rings. The molecule has 6 nitrogen and oxygen atoms in total. The maximum atomic E-state index is 12.1. The molecule has 0 saturated heterocycles. The van der Waals surface area contributed by atoms with Crippen molar-refractivity contribution in [3.05, 3.63) is 75.8 Å². The summed E-state index contributed by atoms with van der Waals surface area (Å²) < 4.78 is 4.97. The van der Waals surface area contributed by atoms with E-state index in [9.17, 15) is 14.9 Å². The summed E-state index contributed by atoms with van der Waals surface area (Å²) in [6.45, 7) is 0.338. The van der Waals surface area contributed by atoms with Crippen molar-refractivity contribution in [1.82, 2.24) is 10.3 Å². The van der Waals surface area contributed by atoms with Crippen molar-refractivity contribution in [1.29, 1.82) is 5.26 Å². The second-order valence-electron chi connectivity index (χ2n) is 5.11. The maximum Gasteiger partial charge on any atom is 0.417 e. The lowest BCUT2D eigenvalue weighted by Gasteiger charge is -2.04. The SMILES string of the molecule is N#C/C(=C\c1ccc2[nH]c(=O)oc2c1)C(=O)NCc1ccccc1. The Labute approximate surface area is 137 Å². The van der Waals surface area contributed by atoms with Gasteiger partial charge in [0.1, 0.15) is 11.6 Å². The molecule has 0 aliphatic carbocycles. The highest BCUT2D eigenvalue weighted by Gasteiger charge is 2.09. The van der Waals surface area contributed by atoms with Gasteiger partial charge >= 0.3 is 5.76 Å². The van der Waals surface area contributed by atoms with Crippen LogP contribution in [0.25, 0.3) is 17.2 Å². The first kappa shape index (κ1) is 15.3. The molecule has 0 spiro atoms. The Bertz CT molecular complexity index is 1010. The van der Waals surface area contributed by atoms with Crippen molar-refractivity contribution in [3.63, 3.8) is 0 Å². The fourth-order valence-electron chi connectivity index (χ4n) is 2.24. The number of nitrogens with one attached hydrogen (secondary N) is 2. The molecule has 0 saturated carbocycles. The Morgan fingerprint density at radius 3 is 2.79 bits per heavy atom.